The van der Waals surface area contributed by atoms with E-state index < -0.39 is 18.0 Å². The van der Waals surface area contributed by atoms with Crippen molar-refractivity contribution in [3.63, 3.8) is 0 Å². The number of primary amides is 1. The van der Waals surface area contributed by atoms with Crippen molar-refractivity contribution in [1.29, 1.82) is 0 Å². The number of nitrogens with one attached hydrogen (secondary N) is 3. The van der Waals surface area contributed by atoms with Crippen LogP contribution in [0.4, 0.5) is 16.2 Å². The minimum absolute atomic E-state index is 0.0605. The Hall–Kier alpha value is -2.52. The summed E-state index contributed by atoms with van der Waals surface area (Å²) in [5, 5.41) is 8.83. The van der Waals surface area contributed by atoms with Crippen LogP contribution in [0.5, 0.6) is 5.75 Å². The summed E-state index contributed by atoms with van der Waals surface area (Å²) in [6.45, 7) is 8.67. The maximum atomic E-state index is 12.5. The SMILES string of the molecule is CC[C@H](C)[C@H](NC(=O)Nc1cccc(OC)c1NCCN1CCOCC1)C(N)=O. The average Bonchev–Trinajstić information content (AvgIpc) is 2.73. The van der Waals surface area contributed by atoms with Crippen LogP contribution in [0.1, 0.15) is 20.3 Å². The quantitative estimate of drug-likeness (QED) is 0.466. The number of para-hydroxylation sites is 1. The first-order valence-corrected chi connectivity index (χ1v) is 10.0. The predicted octanol–water partition coefficient (Wildman–Crippen LogP) is 1.46. The number of methoxy groups -OCH3 is 1. The summed E-state index contributed by atoms with van der Waals surface area (Å²) in [6.07, 6.45) is 0.724. The van der Waals surface area contributed by atoms with Crippen LogP contribution in [0.25, 0.3) is 0 Å². The Kier molecular flexibility index (Phi) is 9.01. The molecule has 0 radical (unpaired) electrons. The molecule has 0 bridgehead atoms. The molecule has 9 heteroatoms. The zero-order valence-corrected chi connectivity index (χ0v) is 17.5. The van der Waals surface area contributed by atoms with Crippen molar-refractivity contribution in [2.24, 2.45) is 11.7 Å². The number of ether oxygens (including phenoxy) is 2. The lowest BCUT2D eigenvalue weighted by molar-refractivity contribution is -0.120. The highest BCUT2D eigenvalue weighted by Gasteiger charge is 2.24. The molecule has 3 amide bonds. The zero-order valence-electron chi connectivity index (χ0n) is 17.5. The van der Waals surface area contributed by atoms with Crippen molar-refractivity contribution < 1.29 is 19.1 Å². The van der Waals surface area contributed by atoms with Crippen LogP contribution >= 0.6 is 0 Å². The fraction of sp³-hybridized carbons (Fsp3) is 0.600. The van der Waals surface area contributed by atoms with Gasteiger partial charge < -0.3 is 31.2 Å². The third-order valence-corrected chi connectivity index (χ3v) is 5.13. The number of hydrogen-bond acceptors (Lipinski definition) is 6. The molecule has 5 N–H and O–H groups in total. The molecule has 1 aromatic carbocycles. The summed E-state index contributed by atoms with van der Waals surface area (Å²) in [6, 6.07) is 4.18. The van der Waals surface area contributed by atoms with Crippen molar-refractivity contribution in [2.45, 2.75) is 26.3 Å². The highest BCUT2D eigenvalue weighted by atomic mass is 16.5. The summed E-state index contributed by atoms with van der Waals surface area (Å²) in [5.74, 6) is 0.0110. The third-order valence-electron chi connectivity index (χ3n) is 5.13. The average molecular weight is 408 g/mol. The number of hydrogen-bond donors (Lipinski definition) is 4. The molecular weight excluding hydrogens is 374 g/mol. The van der Waals surface area contributed by atoms with Gasteiger partial charge in [-0.3, -0.25) is 9.69 Å². The monoisotopic (exact) mass is 407 g/mol. The van der Waals surface area contributed by atoms with Crippen molar-refractivity contribution in [3.8, 4) is 5.75 Å². The molecule has 2 rings (SSSR count). The molecular formula is C20H33N5O4. The highest BCUT2D eigenvalue weighted by Crippen LogP contribution is 2.32. The summed E-state index contributed by atoms with van der Waals surface area (Å²) in [7, 11) is 1.58. The van der Waals surface area contributed by atoms with E-state index in [0.29, 0.717) is 23.7 Å². The van der Waals surface area contributed by atoms with Crippen molar-refractivity contribution >= 4 is 23.3 Å². The zero-order chi connectivity index (χ0) is 21.2. The van der Waals surface area contributed by atoms with E-state index in [4.69, 9.17) is 15.2 Å². The molecule has 0 aliphatic carbocycles. The first kappa shape index (κ1) is 22.8. The molecule has 0 saturated carbocycles. The highest BCUT2D eigenvalue weighted by molar-refractivity contribution is 5.96. The van der Waals surface area contributed by atoms with Gasteiger partial charge in [0, 0.05) is 26.2 Å². The van der Waals surface area contributed by atoms with Gasteiger partial charge >= 0.3 is 6.03 Å². The normalized spacial score (nSPS) is 16.5. The predicted molar refractivity (Wildman–Crippen MR) is 113 cm³/mol. The summed E-state index contributed by atoms with van der Waals surface area (Å²) in [5.41, 5.74) is 6.70. The smallest absolute Gasteiger partial charge is 0.319 e. The first-order valence-electron chi connectivity index (χ1n) is 10.0. The Balaban J connectivity index is 2.03. The van der Waals surface area contributed by atoms with Gasteiger partial charge in [-0.05, 0) is 18.1 Å². The van der Waals surface area contributed by atoms with Gasteiger partial charge in [0.15, 0.2) is 0 Å². The molecule has 0 unspecified atom stereocenters. The van der Waals surface area contributed by atoms with E-state index >= 15 is 0 Å². The fourth-order valence-electron chi connectivity index (χ4n) is 3.18. The van der Waals surface area contributed by atoms with E-state index in [2.05, 4.69) is 20.9 Å². The molecule has 0 aromatic heterocycles. The molecule has 1 fully saturated rings. The van der Waals surface area contributed by atoms with Crippen LogP contribution in [0.3, 0.4) is 0 Å². The fourth-order valence-corrected chi connectivity index (χ4v) is 3.18. The van der Waals surface area contributed by atoms with E-state index in [1.807, 2.05) is 19.9 Å². The molecule has 1 heterocycles. The van der Waals surface area contributed by atoms with Crippen LogP contribution < -0.4 is 26.4 Å². The number of anilines is 2. The molecule has 1 aliphatic heterocycles. The number of carbonyl (C=O) groups excluding carboxylic acids is 2. The second kappa shape index (κ2) is 11.5. The van der Waals surface area contributed by atoms with E-state index in [0.717, 1.165) is 39.3 Å². The Morgan fingerprint density at radius 1 is 1.31 bits per heavy atom. The van der Waals surface area contributed by atoms with Gasteiger partial charge in [0.2, 0.25) is 5.91 Å². The number of nitrogens with zero attached hydrogens (tertiary/aromatic N) is 1. The lowest BCUT2D eigenvalue weighted by Gasteiger charge is -2.27. The Morgan fingerprint density at radius 3 is 2.66 bits per heavy atom. The maximum Gasteiger partial charge on any atom is 0.319 e. The molecule has 29 heavy (non-hydrogen) atoms. The number of rotatable bonds is 10. The van der Waals surface area contributed by atoms with Crippen LogP contribution in [0.2, 0.25) is 0 Å². The number of urea groups is 1. The van der Waals surface area contributed by atoms with Crippen LogP contribution in [0, 0.1) is 5.92 Å². The van der Waals surface area contributed by atoms with E-state index in [9.17, 15) is 9.59 Å². The standard InChI is InChI=1S/C20H33N5O4/c1-4-14(2)17(19(21)26)24-20(27)23-15-6-5-7-16(28-3)18(15)22-8-9-25-10-12-29-13-11-25/h5-7,14,17,22H,4,8-13H2,1-3H3,(H2,21,26)(H2,23,24,27)/t14-,17-/m0/s1. The molecule has 9 nitrogen and oxygen atoms in total. The van der Waals surface area contributed by atoms with Gasteiger partial charge in [-0.2, -0.15) is 0 Å². The summed E-state index contributed by atoms with van der Waals surface area (Å²) < 4.78 is 10.8. The van der Waals surface area contributed by atoms with Crippen molar-refractivity contribution in [3.05, 3.63) is 18.2 Å². The largest absolute Gasteiger partial charge is 0.495 e. The molecule has 1 aromatic rings. The van der Waals surface area contributed by atoms with Crippen molar-refractivity contribution in [1.82, 2.24) is 10.2 Å². The Morgan fingerprint density at radius 2 is 2.03 bits per heavy atom. The Bertz CT molecular complexity index is 679. The molecule has 0 spiro atoms. The minimum atomic E-state index is -0.733. The third kappa shape index (κ3) is 6.79. The summed E-state index contributed by atoms with van der Waals surface area (Å²) in [4.78, 5) is 26.5. The number of morpholine rings is 1. The van der Waals surface area contributed by atoms with Crippen LogP contribution in [0.15, 0.2) is 18.2 Å². The van der Waals surface area contributed by atoms with Crippen molar-refractivity contribution in [2.75, 3.05) is 57.1 Å². The first-order chi connectivity index (χ1) is 14.0. The van der Waals surface area contributed by atoms with E-state index in [1.165, 1.54) is 0 Å². The molecule has 1 aliphatic rings. The molecule has 162 valence electrons. The number of nitrogens with two attached hydrogens (primary N) is 1. The summed E-state index contributed by atoms with van der Waals surface area (Å²) >= 11 is 0. The second-order valence-electron chi connectivity index (χ2n) is 7.13. The number of carbonyl (C=O) groups is 2. The van der Waals surface area contributed by atoms with Gasteiger partial charge in [0.1, 0.15) is 17.5 Å². The van der Waals surface area contributed by atoms with Gasteiger partial charge in [-0.15, -0.1) is 0 Å². The number of benzene rings is 1. The van der Waals surface area contributed by atoms with Gasteiger partial charge in [-0.25, -0.2) is 4.79 Å². The molecule has 1 saturated heterocycles. The second-order valence-corrected chi connectivity index (χ2v) is 7.13. The maximum absolute atomic E-state index is 12.5. The van der Waals surface area contributed by atoms with E-state index in [1.54, 1.807) is 19.2 Å². The van der Waals surface area contributed by atoms with Gasteiger partial charge in [0.05, 0.1) is 26.0 Å². The van der Waals surface area contributed by atoms with Crippen LogP contribution in [-0.4, -0.2) is 69.4 Å². The number of amides is 3. The van der Waals surface area contributed by atoms with E-state index in [-0.39, 0.29) is 5.92 Å². The van der Waals surface area contributed by atoms with Crippen LogP contribution in [-0.2, 0) is 9.53 Å². The molecule has 2 atom stereocenters. The Labute approximate surface area is 172 Å². The lowest BCUT2D eigenvalue weighted by Crippen LogP contribution is -2.49. The van der Waals surface area contributed by atoms with Gasteiger partial charge in [0.25, 0.3) is 0 Å². The van der Waals surface area contributed by atoms with Gasteiger partial charge in [-0.1, -0.05) is 26.3 Å². The topological polar surface area (TPSA) is 118 Å². The minimum Gasteiger partial charge on any atom is -0.495 e. The lowest BCUT2D eigenvalue weighted by atomic mass is 9.99.